The Morgan fingerprint density at radius 1 is 1.11 bits per heavy atom. The van der Waals surface area contributed by atoms with Crippen LogP contribution in [0.4, 0.5) is 13.2 Å². The van der Waals surface area contributed by atoms with Crippen molar-refractivity contribution in [2.24, 2.45) is 0 Å². The van der Waals surface area contributed by atoms with Crippen LogP contribution in [0.3, 0.4) is 0 Å². The molecule has 0 saturated heterocycles. The van der Waals surface area contributed by atoms with Gasteiger partial charge in [0.15, 0.2) is 5.82 Å². The number of benzene rings is 1. The number of aromatic amines is 1. The van der Waals surface area contributed by atoms with Crippen molar-refractivity contribution in [2.45, 2.75) is 19.3 Å². The lowest BCUT2D eigenvalue weighted by atomic mass is 10.1. The van der Waals surface area contributed by atoms with Gasteiger partial charge in [-0.1, -0.05) is 17.3 Å². The molecule has 2 aromatic rings. The molecule has 5 nitrogen and oxygen atoms in total. The highest BCUT2D eigenvalue weighted by Crippen LogP contribution is 2.28. The minimum absolute atomic E-state index is 0.400. The Morgan fingerprint density at radius 2 is 1.83 bits per heavy atom. The van der Waals surface area contributed by atoms with Gasteiger partial charge in [-0.3, -0.25) is 0 Å². The fraction of sp³-hybridized carbons (Fsp3) is 0.300. The molecule has 1 aromatic carbocycles. The topological polar surface area (TPSA) is 66.5 Å². The van der Waals surface area contributed by atoms with Crippen LogP contribution >= 0.6 is 0 Å². The Balaban J connectivity index is 1.87. The predicted octanol–water partition coefficient (Wildman–Crippen LogP) is 1.51. The average molecular weight is 257 g/mol. The van der Waals surface area contributed by atoms with Gasteiger partial charge in [0.25, 0.3) is 0 Å². The van der Waals surface area contributed by atoms with Crippen molar-refractivity contribution in [2.75, 3.05) is 0 Å². The molecular weight excluding hydrogens is 247 g/mol. The summed E-state index contributed by atoms with van der Waals surface area (Å²) in [6.07, 6.45) is -4.30. The summed E-state index contributed by atoms with van der Waals surface area (Å²) in [7, 11) is 0. The summed E-state index contributed by atoms with van der Waals surface area (Å²) in [5.74, 6) is 0.502. The highest BCUT2D eigenvalue weighted by Gasteiger charge is 2.29. The van der Waals surface area contributed by atoms with Crippen LogP contribution in [-0.4, -0.2) is 20.6 Å². The van der Waals surface area contributed by atoms with E-state index in [0.29, 0.717) is 18.9 Å². The second-order valence-corrected chi connectivity index (χ2v) is 3.63. The minimum Gasteiger partial charge on any atom is -0.306 e. The van der Waals surface area contributed by atoms with Crippen molar-refractivity contribution in [3.8, 4) is 0 Å². The van der Waals surface area contributed by atoms with Gasteiger partial charge in [0.05, 0.1) is 12.1 Å². The molecule has 18 heavy (non-hydrogen) atoms. The fourth-order valence-electron chi connectivity index (χ4n) is 1.39. The number of alkyl halides is 3. The molecule has 0 radical (unpaired) electrons. The second-order valence-electron chi connectivity index (χ2n) is 3.63. The summed E-state index contributed by atoms with van der Waals surface area (Å²) in [6.45, 7) is 0.837. The maximum Gasteiger partial charge on any atom is 0.416 e. The van der Waals surface area contributed by atoms with Gasteiger partial charge in [-0.05, 0) is 17.7 Å². The molecule has 0 aliphatic rings. The maximum absolute atomic E-state index is 12.3. The standard InChI is InChI=1S/C10H10F3N5/c11-10(12,13)8-3-1-7(2-4-8)5-14-6-9-15-17-18-16-9/h1-4,14H,5-6H2,(H,15,16,17,18). The SMILES string of the molecule is FC(F)(F)c1ccc(CNCc2nn[nH]n2)cc1. The van der Waals surface area contributed by atoms with Crippen molar-refractivity contribution < 1.29 is 13.2 Å². The Morgan fingerprint density at radius 3 is 2.39 bits per heavy atom. The molecule has 0 spiro atoms. The van der Waals surface area contributed by atoms with Crippen LogP contribution in [0.2, 0.25) is 0 Å². The number of H-pyrrole nitrogens is 1. The van der Waals surface area contributed by atoms with Crippen LogP contribution in [0.1, 0.15) is 17.0 Å². The van der Waals surface area contributed by atoms with Crippen LogP contribution in [0.5, 0.6) is 0 Å². The maximum atomic E-state index is 12.3. The van der Waals surface area contributed by atoms with Crippen molar-refractivity contribution in [3.05, 3.63) is 41.2 Å². The Labute approximate surface area is 100 Å². The molecule has 2 rings (SSSR count). The van der Waals surface area contributed by atoms with Crippen molar-refractivity contribution in [1.82, 2.24) is 25.9 Å². The predicted molar refractivity (Wildman–Crippen MR) is 56.2 cm³/mol. The van der Waals surface area contributed by atoms with E-state index in [-0.39, 0.29) is 0 Å². The molecule has 0 atom stereocenters. The van der Waals surface area contributed by atoms with E-state index in [2.05, 4.69) is 25.9 Å². The van der Waals surface area contributed by atoms with Crippen molar-refractivity contribution in [3.63, 3.8) is 0 Å². The molecule has 1 heterocycles. The van der Waals surface area contributed by atoms with E-state index >= 15 is 0 Å². The first-order chi connectivity index (χ1) is 8.55. The van der Waals surface area contributed by atoms with Gasteiger partial charge in [-0.2, -0.15) is 18.4 Å². The first-order valence-corrected chi connectivity index (χ1v) is 5.15. The highest BCUT2D eigenvalue weighted by molar-refractivity contribution is 5.24. The lowest BCUT2D eigenvalue weighted by molar-refractivity contribution is -0.137. The fourth-order valence-corrected chi connectivity index (χ4v) is 1.39. The van der Waals surface area contributed by atoms with Gasteiger partial charge in [0.2, 0.25) is 0 Å². The van der Waals surface area contributed by atoms with Gasteiger partial charge < -0.3 is 5.32 Å². The molecule has 0 bridgehead atoms. The number of nitrogens with one attached hydrogen (secondary N) is 2. The van der Waals surface area contributed by atoms with E-state index in [0.717, 1.165) is 17.7 Å². The number of hydrogen-bond donors (Lipinski definition) is 2. The van der Waals surface area contributed by atoms with Crippen LogP contribution in [-0.2, 0) is 19.3 Å². The molecule has 1 aromatic heterocycles. The van der Waals surface area contributed by atoms with E-state index in [4.69, 9.17) is 0 Å². The van der Waals surface area contributed by atoms with E-state index in [1.165, 1.54) is 12.1 Å². The quantitative estimate of drug-likeness (QED) is 0.871. The molecule has 0 fully saturated rings. The average Bonchev–Trinajstić information content (AvgIpc) is 2.82. The van der Waals surface area contributed by atoms with Crippen LogP contribution < -0.4 is 5.32 Å². The summed E-state index contributed by atoms with van der Waals surface area (Å²) < 4.78 is 36.9. The van der Waals surface area contributed by atoms with E-state index < -0.39 is 11.7 Å². The number of rotatable bonds is 4. The van der Waals surface area contributed by atoms with Crippen molar-refractivity contribution >= 4 is 0 Å². The molecule has 96 valence electrons. The lowest BCUT2D eigenvalue weighted by Gasteiger charge is -2.07. The molecular formula is C10H10F3N5. The Bertz CT molecular complexity index is 477. The van der Waals surface area contributed by atoms with E-state index in [1.54, 1.807) is 0 Å². The zero-order valence-corrected chi connectivity index (χ0v) is 9.20. The van der Waals surface area contributed by atoms with Crippen LogP contribution in [0.25, 0.3) is 0 Å². The molecule has 2 N–H and O–H groups in total. The summed E-state index contributed by atoms with van der Waals surface area (Å²) >= 11 is 0. The number of hydrogen-bond acceptors (Lipinski definition) is 4. The molecule has 0 unspecified atom stereocenters. The first-order valence-electron chi connectivity index (χ1n) is 5.15. The normalized spacial score (nSPS) is 11.7. The molecule has 8 heteroatoms. The first kappa shape index (κ1) is 12.5. The molecule has 0 amide bonds. The van der Waals surface area contributed by atoms with Crippen molar-refractivity contribution in [1.29, 1.82) is 0 Å². The van der Waals surface area contributed by atoms with Gasteiger partial charge in [-0.15, -0.1) is 10.2 Å². The van der Waals surface area contributed by atoms with Crippen LogP contribution in [0, 0.1) is 0 Å². The smallest absolute Gasteiger partial charge is 0.306 e. The van der Waals surface area contributed by atoms with Gasteiger partial charge in [0, 0.05) is 6.54 Å². The number of tetrazole rings is 1. The van der Waals surface area contributed by atoms with Gasteiger partial charge in [-0.25, -0.2) is 0 Å². The van der Waals surface area contributed by atoms with Gasteiger partial charge in [0.1, 0.15) is 0 Å². The van der Waals surface area contributed by atoms with E-state index in [1.807, 2.05) is 0 Å². The van der Waals surface area contributed by atoms with Gasteiger partial charge >= 0.3 is 6.18 Å². The largest absolute Gasteiger partial charge is 0.416 e. The summed E-state index contributed by atoms with van der Waals surface area (Å²) in [5, 5.41) is 16.2. The Hall–Kier alpha value is -1.96. The third kappa shape index (κ3) is 3.27. The molecule has 0 aliphatic carbocycles. The van der Waals surface area contributed by atoms with E-state index in [9.17, 15) is 13.2 Å². The monoisotopic (exact) mass is 257 g/mol. The molecule has 0 aliphatic heterocycles. The molecule has 0 saturated carbocycles. The summed E-state index contributed by atoms with van der Waals surface area (Å²) in [4.78, 5) is 0. The summed E-state index contributed by atoms with van der Waals surface area (Å²) in [5.41, 5.74) is 0.107. The highest BCUT2D eigenvalue weighted by atomic mass is 19.4. The second kappa shape index (κ2) is 5.13. The van der Waals surface area contributed by atoms with Crippen LogP contribution in [0.15, 0.2) is 24.3 Å². The zero-order chi connectivity index (χ0) is 13.0. The summed E-state index contributed by atoms with van der Waals surface area (Å²) in [6, 6.07) is 4.99. The minimum atomic E-state index is -4.30. The number of nitrogens with zero attached hydrogens (tertiary/aromatic N) is 3. The number of halogens is 3. The number of aromatic nitrogens is 4. The lowest BCUT2D eigenvalue weighted by Crippen LogP contribution is -2.14. The third-order valence-electron chi connectivity index (χ3n) is 2.28. The Kier molecular flexibility index (Phi) is 3.56. The third-order valence-corrected chi connectivity index (χ3v) is 2.28. The zero-order valence-electron chi connectivity index (χ0n) is 9.20.